The van der Waals surface area contributed by atoms with Gasteiger partial charge in [-0.2, -0.15) is 0 Å². The second-order valence-electron chi connectivity index (χ2n) is 5.09. The van der Waals surface area contributed by atoms with Gasteiger partial charge in [-0.05, 0) is 13.8 Å². The van der Waals surface area contributed by atoms with E-state index in [1.165, 1.54) is 0 Å². The molecule has 9 heteroatoms. The molecule has 2 aromatic rings. The predicted octanol–water partition coefficient (Wildman–Crippen LogP) is -1.36. The number of aliphatic hydroxyl groups is 3. The lowest BCUT2D eigenvalue weighted by Gasteiger charge is -2.18. The molecule has 1 aliphatic heterocycles. The van der Waals surface area contributed by atoms with Gasteiger partial charge in [0.1, 0.15) is 30.0 Å². The summed E-state index contributed by atoms with van der Waals surface area (Å²) in [6, 6.07) is 0. The lowest BCUT2D eigenvalue weighted by atomic mass is 10.1. The van der Waals surface area contributed by atoms with E-state index in [4.69, 9.17) is 10.5 Å². The summed E-state index contributed by atoms with van der Waals surface area (Å²) in [4.78, 5) is 12.6. The smallest absolute Gasteiger partial charge is 0.168 e. The monoisotopic (exact) mass is 295 g/mol. The van der Waals surface area contributed by atoms with Crippen molar-refractivity contribution in [2.75, 3.05) is 12.3 Å². The van der Waals surface area contributed by atoms with Gasteiger partial charge in [0, 0.05) is 0 Å². The van der Waals surface area contributed by atoms with E-state index in [1.54, 1.807) is 18.4 Å². The summed E-state index contributed by atoms with van der Waals surface area (Å²) >= 11 is 0. The lowest BCUT2D eigenvalue weighted by molar-refractivity contribution is -0.0519. The lowest BCUT2D eigenvalue weighted by Crippen LogP contribution is -2.33. The largest absolute Gasteiger partial charge is 0.394 e. The molecule has 0 bridgehead atoms. The summed E-state index contributed by atoms with van der Waals surface area (Å²) in [7, 11) is 0. The van der Waals surface area contributed by atoms with E-state index >= 15 is 0 Å². The van der Waals surface area contributed by atoms with Crippen LogP contribution in [0.1, 0.15) is 17.9 Å². The fraction of sp³-hybridized carbons (Fsp3) is 0.583. The molecule has 3 heterocycles. The summed E-state index contributed by atoms with van der Waals surface area (Å²) in [5.41, 5.74) is 6.67. The average molecular weight is 295 g/mol. The molecule has 0 aromatic carbocycles. The fourth-order valence-electron chi connectivity index (χ4n) is 2.62. The molecular weight excluding hydrogens is 278 g/mol. The van der Waals surface area contributed by atoms with E-state index in [1.807, 2.05) is 0 Å². The number of imidazole rings is 1. The van der Waals surface area contributed by atoms with E-state index in [0.29, 0.717) is 22.8 Å². The number of aryl methyl sites for hydroxylation is 2. The topological polar surface area (TPSA) is 140 Å². The first kappa shape index (κ1) is 14.1. The van der Waals surface area contributed by atoms with Crippen molar-refractivity contribution in [1.29, 1.82) is 0 Å². The number of fused-ring (bicyclic) bond motifs is 1. The molecule has 0 aliphatic carbocycles. The van der Waals surface area contributed by atoms with Crippen LogP contribution in [0.2, 0.25) is 0 Å². The van der Waals surface area contributed by atoms with Crippen LogP contribution >= 0.6 is 0 Å². The van der Waals surface area contributed by atoms with Gasteiger partial charge in [0.25, 0.3) is 0 Å². The molecular formula is C12H17N5O4. The number of anilines is 1. The summed E-state index contributed by atoms with van der Waals surface area (Å²) in [6.07, 6.45) is -4.13. The summed E-state index contributed by atoms with van der Waals surface area (Å²) in [5, 5.41) is 29.2. The molecule has 3 rings (SSSR count). The van der Waals surface area contributed by atoms with Crippen molar-refractivity contribution in [3.8, 4) is 0 Å². The van der Waals surface area contributed by atoms with Crippen LogP contribution in [0.15, 0.2) is 0 Å². The summed E-state index contributed by atoms with van der Waals surface area (Å²) in [5.74, 6) is 1.23. The number of rotatable bonds is 2. The normalized spacial score (nSPS) is 29.4. The Kier molecular flexibility index (Phi) is 3.29. The third kappa shape index (κ3) is 2.05. The van der Waals surface area contributed by atoms with E-state index in [-0.39, 0.29) is 5.82 Å². The highest BCUT2D eigenvalue weighted by atomic mass is 16.6. The minimum atomic E-state index is -1.20. The first-order valence-electron chi connectivity index (χ1n) is 6.55. The summed E-state index contributed by atoms with van der Waals surface area (Å²) in [6.45, 7) is 3.02. The van der Waals surface area contributed by atoms with Crippen LogP contribution < -0.4 is 5.73 Å². The maximum atomic E-state index is 10.1. The SMILES string of the molecule is Cc1nc(N)c2nc(C)n([C@@H]3O[C@H](CO)[C@@H](O)[C@H]3O)c2n1. The second kappa shape index (κ2) is 4.88. The number of aliphatic hydroxyl groups excluding tert-OH is 3. The Morgan fingerprint density at radius 3 is 2.52 bits per heavy atom. The number of nitrogen functional groups attached to an aromatic ring is 1. The highest BCUT2D eigenvalue weighted by Crippen LogP contribution is 2.33. The third-order valence-electron chi connectivity index (χ3n) is 3.63. The first-order valence-corrected chi connectivity index (χ1v) is 6.55. The number of hydrogen-bond donors (Lipinski definition) is 4. The van der Waals surface area contributed by atoms with Crippen LogP contribution in [0, 0.1) is 13.8 Å². The zero-order valence-corrected chi connectivity index (χ0v) is 11.6. The maximum Gasteiger partial charge on any atom is 0.168 e. The van der Waals surface area contributed by atoms with E-state index in [0.717, 1.165) is 0 Å². The van der Waals surface area contributed by atoms with Gasteiger partial charge < -0.3 is 25.8 Å². The molecule has 1 fully saturated rings. The number of nitrogens with two attached hydrogens (primary N) is 1. The van der Waals surface area contributed by atoms with Gasteiger partial charge in [-0.15, -0.1) is 0 Å². The molecule has 1 aliphatic rings. The molecule has 21 heavy (non-hydrogen) atoms. The van der Waals surface area contributed by atoms with Crippen molar-refractivity contribution >= 4 is 17.0 Å². The van der Waals surface area contributed by atoms with Crippen molar-refractivity contribution in [3.63, 3.8) is 0 Å². The van der Waals surface area contributed by atoms with Crippen LogP contribution in [-0.2, 0) is 4.74 Å². The predicted molar refractivity (Wildman–Crippen MR) is 72.2 cm³/mol. The Labute approximate surface area is 120 Å². The highest BCUT2D eigenvalue weighted by molar-refractivity contribution is 5.82. The van der Waals surface area contributed by atoms with Crippen molar-refractivity contribution in [2.24, 2.45) is 0 Å². The van der Waals surface area contributed by atoms with Gasteiger partial charge in [0.2, 0.25) is 0 Å². The molecule has 0 unspecified atom stereocenters. The van der Waals surface area contributed by atoms with Crippen LogP contribution in [0.5, 0.6) is 0 Å². The van der Waals surface area contributed by atoms with Gasteiger partial charge in [-0.3, -0.25) is 4.57 Å². The Hall–Kier alpha value is -1.81. The number of aromatic nitrogens is 4. The van der Waals surface area contributed by atoms with Crippen LogP contribution in [0.4, 0.5) is 5.82 Å². The van der Waals surface area contributed by atoms with Crippen molar-refractivity contribution in [2.45, 2.75) is 38.4 Å². The molecule has 1 saturated heterocycles. The van der Waals surface area contributed by atoms with Gasteiger partial charge in [-0.1, -0.05) is 0 Å². The maximum absolute atomic E-state index is 10.1. The molecule has 114 valence electrons. The van der Waals surface area contributed by atoms with E-state index in [9.17, 15) is 15.3 Å². The third-order valence-corrected chi connectivity index (χ3v) is 3.63. The number of nitrogens with zero attached hydrogens (tertiary/aromatic N) is 4. The number of hydrogen-bond acceptors (Lipinski definition) is 8. The first-order chi connectivity index (χ1) is 9.93. The quantitative estimate of drug-likeness (QED) is 0.532. The molecule has 0 amide bonds. The van der Waals surface area contributed by atoms with Crippen LogP contribution in [0.3, 0.4) is 0 Å². The van der Waals surface area contributed by atoms with E-state index in [2.05, 4.69) is 15.0 Å². The summed E-state index contributed by atoms with van der Waals surface area (Å²) < 4.78 is 7.08. The standard InChI is InChI=1S/C12H17N5O4/c1-4-14-10(13)7-11(15-4)17(5(2)16-7)12-9(20)8(19)6(3-18)21-12/h6,8-9,12,18-20H,3H2,1-2H3,(H2,13,14,15)/t6-,8-,9-,12-/m1/s1. The van der Waals surface area contributed by atoms with Gasteiger partial charge in [0.15, 0.2) is 23.2 Å². The average Bonchev–Trinajstić information content (AvgIpc) is 2.89. The zero-order valence-electron chi connectivity index (χ0n) is 11.6. The van der Waals surface area contributed by atoms with Crippen LogP contribution in [-0.4, -0.2) is 59.8 Å². The molecule has 5 N–H and O–H groups in total. The van der Waals surface area contributed by atoms with E-state index < -0.39 is 31.1 Å². The fourth-order valence-corrected chi connectivity index (χ4v) is 2.62. The van der Waals surface area contributed by atoms with Crippen molar-refractivity contribution in [3.05, 3.63) is 11.6 Å². The van der Waals surface area contributed by atoms with Crippen molar-refractivity contribution in [1.82, 2.24) is 19.5 Å². The Morgan fingerprint density at radius 2 is 1.90 bits per heavy atom. The minimum absolute atomic E-state index is 0.242. The molecule has 0 saturated carbocycles. The Bertz CT molecular complexity index is 688. The Balaban J connectivity index is 2.15. The minimum Gasteiger partial charge on any atom is -0.394 e. The van der Waals surface area contributed by atoms with Gasteiger partial charge >= 0.3 is 0 Å². The molecule has 0 radical (unpaired) electrons. The van der Waals surface area contributed by atoms with Gasteiger partial charge in [0.05, 0.1) is 6.61 Å². The second-order valence-corrected chi connectivity index (χ2v) is 5.09. The Morgan fingerprint density at radius 1 is 1.19 bits per heavy atom. The zero-order chi connectivity index (χ0) is 15.3. The van der Waals surface area contributed by atoms with Crippen LogP contribution in [0.25, 0.3) is 11.2 Å². The molecule has 9 nitrogen and oxygen atoms in total. The van der Waals surface area contributed by atoms with Crippen molar-refractivity contribution < 1.29 is 20.1 Å². The number of ether oxygens (including phenoxy) is 1. The molecule has 4 atom stereocenters. The highest BCUT2D eigenvalue weighted by Gasteiger charge is 2.44. The van der Waals surface area contributed by atoms with Gasteiger partial charge in [-0.25, -0.2) is 15.0 Å². The molecule has 0 spiro atoms. The molecule has 2 aromatic heterocycles.